The third-order valence-electron chi connectivity index (χ3n) is 2.82. The van der Waals surface area contributed by atoms with Crippen molar-refractivity contribution in [1.82, 2.24) is 9.97 Å². The fourth-order valence-corrected chi connectivity index (χ4v) is 2.15. The number of nitrogens with zero attached hydrogens (tertiary/aromatic N) is 2. The van der Waals surface area contributed by atoms with Crippen LogP contribution in [-0.2, 0) is 11.2 Å². The molecule has 16 heavy (non-hydrogen) atoms. The van der Waals surface area contributed by atoms with Crippen LogP contribution in [0.4, 0.5) is 0 Å². The number of carboxylic acids is 1. The molecule has 0 unspecified atom stereocenters. The average Bonchev–Trinajstić information content (AvgIpc) is 2.13. The zero-order valence-corrected chi connectivity index (χ0v) is 9.96. The molecule has 0 saturated heterocycles. The van der Waals surface area contributed by atoms with Crippen molar-refractivity contribution in [2.45, 2.75) is 36.8 Å². The van der Waals surface area contributed by atoms with Gasteiger partial charge in [-0.25, -0.2) is 9.97 Å². The third kappa shape index (κ3) is 2.52. The number of thioether (sulfide) groups is 1. The fourth-order valence-electron chi connectivity index (χ4n) is 1.74. The first-order chi connectivity index (χ1) is 7.69. The Morgan fingerprint density at radius 1 is 1.56 bits per heavy atom. The van der Waals surface area contributed by atoms with E-state index in [1.165, 1.54) is 18.2 Å². The molecule has 1 aromatic heterocycles. The van der Waals surface area contributed by atoms with Crippen molar-refractivity contribution in [2.75, 3.05) is 6.26 Å². The van der Waals surface area contributed by atoms with Gasteiger partial charge in [-0.1, -0.05) is 18.2 Å². The first-order valence-electron chi connectivity index (χ1n) is 5.32. The summed E-state index contributed by atoms with van der Waals surface area (Å²) in [6.07, 6.45) is 5.46. The normalized spacial score (nSPS) is 15.8. The molecule has 1 aliphatic carbocycles. The topological polar surface area (TPSA) is 63.1 Å². The van der Waals surface area contributed by atoms with Crippen LogP contribution in [0, 0.1) is 0 Å². The smallest absolute Gasteiger partial charge is 0.309 e. The van der Waals surface area contributed by atoms with Crippen LogP contribution >= 0.6 is 11.8 Å². The zero-order valence-electron chi connectivity index (χ0n) is 9.14. The van der Waals surface area contributed by atoms with Gasteiger partial charge in [-0.05, 0) is 25.2 Å². The van der Waals surface area contributed by atoms with E-state index >= 15 is 0 Å². The van der Waals surface area contributed by atoms with Gasteiger partial charge in [0.1, 0.15) is 0 Å². The van der Waals surface area contributed by atoms with E-state index < -0.39 is 5.97 Å². The van der Waals surface area contributed by atoms with Crippen LogP contribution in [0.2, 0.25) is 0 Å². The molecule has 0 radical (unpaired) electrons. The molecule has 0 bridgehead atoms. The maximum atomic E-state index is 10.7. The Kier molecular flexibility index (Phi) is 3.43. The Balaban J connectivity index is 2.26. The Bertz CT molecular complexity index is 405. The lowest BCUT2D eigenvalue weighted by molar-refractivity contribution is -0.136. The van der Waals surface area contributed by atoms with Crippen LogP contribution < -0.4 is 0 Å². The van der Waals surface area contributed by atoms with Gasteiger partial charge in [0.05, 0.1) is 12.1 Å². The second kappa shape index (κ2) is 4.82. The highest BCUT2D eigenvalue weighted by Gasteiger charge is 2.22. The lowest BCUT2D eigenvalue weighted by Gasteiger charge is -2.25. The Morgan fingerprint density at radius 3 is 2.81 bits per heavy atom. The molecule has 0 amide bonds. The molecule has 0 aromatic carbocycles. The summed E-state index contributed by atoms with van der Waals surface area (Å²) < 4.78 is 0. The summed E-state index contributed by atoms with van der Waals surface area (Å²) in [5.74, 6) is -0.327. The van der Waals surface area contributed by atoms with Crippen LogP contribution in [-0.4, -0.2) is 27.3 Å². The molecule has 5 heteroatoms. The van der Waals surface area contributed by atoms with E-state index in [0.717, 1.165) is 18.5 Å². The minimum atomic E-state index is -0.842. The van der Waals surface area contributed by atoms with Gasteiger partial charge in [0.25, 0.3) is 0 Å². The van der Waals surface area contributed by atoms with Crippen LogP contribution in [0.5, 0.6) is 0 Å². The van der Waals surface area contributed by atoms with E-state index in [1.807, 2.05) is 12.3 Å². The van der Waals surface area contributed by atoms with Crippen LogP contribution in [0.15, 0.2) is 11.2 Å². The van der Waals surface area contributed by atoms with Crippen molar-refractivity contribution in [2.24, 2.45) is 0 Å². The second-order valence-corrected chi connectivity index (χ2v) is 4.74. The number of aromatic nitrogens is 2. The molecule has 1 aromatic rings. The zero-order chi connectivity index (χ0) is 11.5. The highest BCUT2D eigenvalue weighted by molar-refractivity contribution is 7.98. The summed E-state index contributed by atoms with van der Waals surface area (Å²) in [7, 11) is 0. The third-order valence-corrected chi connectivity index (χ3v) is 3.36. The molecule has 4 nitrogen and oxygen atoms in total. The van der Waals surface area contributed by atoms with Crippen molar-refractivity contribution in [3.05, 3.63) is 17.5 Å². The monoisotopic (exact) mass is 238 g/mol. The van der Waals surface area contributed by atoms with Gasteiger partial charge < -0.3 is 5.11 Å². The minimum Gasteiger partial charge on any atom is -0.481 e. The lowest BCUT2D eigenvalue weighted by atomic mass is 9.82. The number of hydrogen-bond donors (Lipinski definition) is 1. The second-order valence-electron chi connectivity index (χ2n) is 3.97. The molecule has 1 saturated carbocycles. The quantitative estimate of drug-likeness (QED) is 0.643. The van der Waals surface area contributed by atoms with Crippen molar-refractivity contribution in [3.8, 4) is 0 Å². The first-order valence-corrected chi connectivity index (χ1v) is 6.55. The molecule has 0 spiro atoms. The SMILES string of the molecule is CSc1nc(CC(=O)O)cc(C2CCC2)n1. The van der Waals surface area contributed by atoms with E-state index in [-0.39, 0.29) is 6.42 Å². The predicted molar refractivity (Wildman–Crippen MR) is 61.7 cm³/mol. The van der Waals surface area contributed by atoms with Gasteiger partial charge in [0, 0.05) is 11.6 Å². The Hall–Kier alpha value is -1.10. The number of aliphatic carboxylic acids is 1. The molecule has 1 heterocycles. The molecular weight excluding hydrogens is 224 g/mol. The van der Waals surface area contributed by atoms with E-state index in [4.69, 9.17) is 5.11 Å². The van der Waals surface area contributed by atoms with Crippen LogP contribution in [0.25, 0.3) is 0 Å². The molecule has 0 atom stereocenters. The summed E-state index contributed by atoms with van der Waals surface area (Å²) in [6, 6.07) is 1.84. The molecule has 2 rings (SSSR count). The standard InChI is InChI=1S/C11H14N2O2S/c1-16-11-12-8(6-10(14)15)5-9(13-11)7-3-2-4-7/h5,7H,2-4,6H2,1H3,(H,14,15). The molecular formula is C11H14N2O2S. The summed E-state index contributed by atoms with van der Waals surface area (Å²) >= 11 is 1.46. The number of carboxylic acid groups (broad SMARTS) is 1. The fraction of sp³-hybridized carbons (Fsp3) is 0.545. The summed E-state index contributed by atoms with van der Waals surface area (Å²) in [5, 5.41) is 9.45. The van der Waals surface area contributed by atoms with Crippen LogP contribution in [0.3, 0.4) is 0 Å². The summed E-state index contributed by atoms with van der Waals surface area (Å²) in [5.41, 5.74) is 1.63. The number of hydrogen-bond acceptors (Lipinski definition) is 4. The van der Waals surface area contributed by atoms with Crippen molar-refractivity contribution in [1.29, 1.82) is 0 Å². The van der Waals surface area contributed by atoms with Crippen molar-refractivity contribution >= 4 is 17.7 Å². The van der Waals surface area contributed by atoms with Gasteiger partial charge >= 0.3 is 5.97 Å². The van der Waals surface area contributed by atoms with Gasteiger partial charge in [-0.3, -0.25) is 4.79 Å². The molecule has 1 aliphatic rings. The largest absolute Gasteiger partial charge is 0.481 e. The maximum absolute atomic E-state index is 10.7. The molecule has 1 fully saturated rings. The first kappa shape index (κ1) is 11.4. The number of carbonyl (C=O) groups is 1. The maximum Gasteiger partial charge on any atom is 0.309 e. The number of rotatable bonds is 4. The van der Waals surface area contributed by atoms with Crippen LogP contribution in [0.1, 0.15) is 36.6 Å². The van der Waals surface area contributed by atoms with Gasteiger partial charge in [0.2, 0.25) is 0 Å². The van der Waals surface area contributed by atoms with E-state index in [1.54, 1.807) is 0 Å². The highest BCUT2D eigenvalue weighted by atomic mass is 32.2. The van der Waals surface area contributed by atoms with Gasteiger partial charge in [0.15, 0.2) is 5.16 Å². The van der Waals surface area contributed by atoms with Gasteiger partial charge in [-0.15, -0.1) is 0 Å². The lowest BCUT2D eigenvalue weighted by Crippen LogP contribution is -2.13. The summed E-state index contributed by atoms with van der Waals surface area (Å²) in [6.45, 7) is 0. The van der Waals surface area contributed by atoms with E-state index in [9.17, 15) is 4.79 Å². The van der Waals surface area contributed by atoms with Gasteiger partial charge in [-0.2, -0.15) is 0 Å². The highest BCUT2D eigenvalue weighted by Crippen LogP contribution is 2.35. The summed E-state index contributed by atoms with van der Waals surface area (Å²) in [4.78, 5) is 19.3. The van der Waals surface area contributed by atoms with E-state index in [0.29, 0.717) is 16.8 Å². The van der Waals surface area contributed by atoms with Crippen molar-refractivity contribution < 1.29 is 9.90 Å². The molecule has 1 N–H and O–H groups in total. The average molecular weight is 238 g/mol. The Morgan fingerprint density at radius 2 is 2.31 bits per heavy atom. The molecule has 0 aliphatic heterocycles. The molecule has 86 valence electrons. The minimum absolute atomic E-state index is 0.0181. The van der Waals surface area contributed by atoms with Crippen molar-refractivity contribution in [3.63, 3.8) is 0 Å². The predicted octanol–water partition coefficient (Wildman–Crippen LogP) is 2.09. The van der Waals surface area contributed by atoms with E-state index in [2.05, 4.69) is 9.97 Å². The Labute approximate surface area is 98.5 Å².